The number of nitrogens with two attached hydrogens (primary N) is 1. The number of aromatic nitrogens is 3. The zero-order chi connectivity index (χ0) is 10.7. The van der Waals surface area contributed by atoms with Crippen LogP contribution in [0.2, 0.25) is 0 Å². The largest absolute Gasteiger partial charge is 0.398 e. The predicted molar refractivity (Wildman–Crippen MR) is 59.3 cm³/mol. The Labute approximate surface area is 88.8 Å². The summed E-state index contributed by atoms with van der Waals surface area (Å²) >= 11 is 0. The maximum atomic E-state index is 5.84. The Hall–Kier alpha value is -1.84. The van der Waals surface area contributed by atoms with E-state index < -0.39 is 0 Å². The van der Waals surface area contributed by atoms with Crippen molar-refractivity contribution in [1.29, 1.82) is 0 Å². The fraction of sp³-hybridized carbons (Fsp3) is 0.273. The Morgan fingerprint density at radius 1 is 1.27 bits per heavy atom. The van der Waals surface area contributed by atoms with Crippen molar-refractivity contribution in [3.05, 3.63) is 42.0 Å². The maximum absolute atomic E-state index is 5.84. The third-order valence-corrected chi connectivity index (χ3v) is 2.51. The van der Waals surface area contributed by atoms with E-state index in [0.29, 0.717) is 0 Å². The molecule has 0 aliphatic rings. The number of hydrogen-bond donors (Lipinski definition) is 1. The number of aryl methyl sites for hydroxylation is 3. The average Bonchev–Trinajstić information content (AvgIpc) is 2.63. The van der Waals surface area contributed by atoms with Crippen LogP contribution < -0.4 is 5.73 Å². The highest BCUT2D eigenvalue weighted by Crippen LogP contribution is 2.12. The van der Waals surface area contributed by atoms with Crippen LogP contribution in [-0.4, -0.2) is 14.8 Å². The second-order valence-corrected chi connectivity index (χ2v) is 3.52. The van der Waals surface area contributed by atoms with Gasteiger partial charge in [-0.15, -0.1) is 0 Å². The molecule has 78 valence electrons. The molecule has 0 atom stereocenters. The number of anilines is 1. The van der Waals surface area contributed by atoms with E-state index in [4.69, 9.17) is 5.73 Å². The van der Waals surface area contributed by atoms with Crippen molar-refractivity contribution >= 4 is 5.69 Å². The molecule has 0 aliphatic heterocycles. The number of hydrogen-bond acceptors (Lipinski definition) is 3. The summed E-state index contributed by atoms with van der Waals surface area (Å²) in [4.78, 5) is 4.07. The maximum Gasteiger partial charge on any atom is 0.0492 e. The Kier molecular flexibility index (Phi) is 2.67. The zero-order valence-electron chi connectivity index (χ0n) is 8.72. The molecule has 0 radical (unpaired) electrons. The summed E-state index contributed by atoms with van der Waals surface area (Å²) in [5, 5.41) is 4.12. The first-order valence-electron chi connectivity index (χ1n) is 4.92. The number of rotatable bonds is 3. The molecule has 2 aromatic heterocycles. The monoisotopic (exact) mass is 202 g/mol. The van der Waals surface area contributed by atoms with Crippen LogP contribution in [0.3, 0.4) is 0 Å². The molecule has 0 saturated heterocycles. The topological polar surface area (TPSA) is 56.7 Å². The molecular formula is C11H14N4. The van der Waals surface area contributed by atoms with Gasteiger partial charge in [-0.1, -0.05) is 0 Å². The third-order valence-electron chi connectivity index (χ3n) is 2.51. The molecule has 0 aromatic carbocycles. The van der Waals surface area contributed by atoms with Gasteiger partial charge in [0.05, 0.1) is 0 Å². The van der Waals surface area contributed by atoms with Gasteiger partial charge < -0.3 is 5.73 Å². The summed E-state index contributed by atoms with van der Waals surface area (Å²) in [7, 11) is 1.95. The van der Waals surface area contributed by atoms with Crippen LogP contribution in [0.25, 0.3) is 0 Å². The van der Waals surface area contributed by atoms with Crippen LogP contribution in [0.15, 0.2) is 30.7 Å². The second-order valence-electron chi connectivity index (χ2n) is 3.52. The summed E-state index contributed by atoms with van der Waals surface area (Å²) in [6.07, 6.45) is 7.18. The first-order valence-corrected chi connectivity index (χ1v) is 4.92. The molecule has 4 heteroatoms. The minimum absolute atomic E-state index is 0.812. The summed E-state index contributed by atoms with van der Waals surface area (Å²) in [6, 6.07) is 3.85. The van der Waals surface area contributed by atoms with Crippen LogP contribution in [0.1, 0.15) is 11.3 Å². The second kappa shape index (κ2) is 4.13. The molecule has 0 bridgehead atoms. The standard InChI is InChI=1S/C11H14N4/c1-15-10(4-7-14-15)3-2-9-8-13-6-5-11(9)12/h4-8H,2-3H2,1H3,(H2,12,13). The van der Waals surface area contributed by atoms with Crippen LogP contribution in [0.4, 0.5) is 5.69 Å². The Morgan fingerprint density at radius 3 is 2.80 bits per heavy atom. The number of nitrogens with zero attached hydrogens (tertiary/aromatic N) is 3. The van der Waals surface area contributed by atoms with Crippen molar-refractivity contribution in [1.82, 2.24) is 14.8 Å². The quantitative estimate of drug-likeness (QED) is 0.813. The summed E-state index contributed by atoms with van der Waals surface area (Å²) in [5.74, 6) is 0. The highest BCUT2D eigenvalue weighted by Gasteiger charge is 2.02. The molecule has 2 rings (SSSR count). The Bertz CT molecular complexity index is 447. The molecule has 15 heavy (non-hydrogen) atoms. The molecular weight excluding hydrogens is 188 g/mol. The van der Waals surface area contributed by atoms with Gasteiger partial charge in [0.2, 0.25) is 0 Å². The van der Waals surface area contributed by atoms with Crippen molar-refractivity contribution in [3.63, 3.8) is 0 Å². The highest BCUT2D eigenvalue weighted by molar-refractivity contribution is 5.44. The van der Waals surface area contributed by atoms with Gasteiger partial charge in [-0.05, 0) is 30.5 Å². The normalized spacial score (nSPS) is 10.5. The average molecular weight is 202 g/mol. The molecule has 4 nitrogen and oxygen atoms in total. The third kappa shape index (κ3) is 2.15. The molecule has 0 spiro atoms. The van der Waals surface area contributed by atoms with Crippen molar-refractivity contribution < 1.29 is 0 Å². The first-order chi connectivity index (χ1) is 7.27. The summed E-state index contributed by atoms with van der Waals surface area (Å²) in [5.41, 5.74) is 8.95. The van der Waals surface area contributed by atoms with Gasteiger partial charge in [-0.2, -0.15) is 5.10 Å². The highest BCUT2D eigenvalue weighted by atomic mass is 15.2. The minimum Gasteiger partial charge on any atom is -0.398 e. The smallest absolute Gasteiger partial charge is 0.0492 e. The lowest BCUT2D eigenvalue weighted by Gasteiger charge is -2.04. The van der Waals surface area contributed by atoms with Crippen LogP contribution in [-0.2, 0) is 19.9 Å². The van der Waals surface area contributed by atoms with E-state index >= 15 is 0 Å². The van der Waals surface area contributed by atoms with E-state index in [2.05, 4.69) is 10.1 Å². The lowest BCUT2D eigenvalue weighted by molar-refractivity contribution is 0.703. The summed E-state index contributed by atoms with van der Waals surface area (Å²) in [6.45, 7) is 0. The Balaban J connectivity index is 2.06. The van der Waals surface area contributed by atoms with E-state index in [0.717, 1.165) is 24.1 Å². The van der Waals surface area contributed by atoms with E-state index in [1.165, 1.54) is 5.69 Å². The van der Waals surface area contributed by atoms with E-state index in [1.807, 2.05) is 36.3 Å². The minimum atomic E-state index is 0.812. The zero-order valence-corrected chi connectivity index (χ0v) is 8.72. The van der Waals surface area contributed by atoms with E-state index in [-0.39, 0.29) is 0 Å². The van der Waals surface area contributed by atoms with E-state index in [9.17, 15) is 0 Å². The number of nitrogen functional groups attached to an aromatic ring is 1. The molecule has 0 amide bonds. The van der Waals surface area contributed by atoms with Crippen molar-refractivity contribution in [2.75, 3.05) is 5.73 Å². The van der Waals surface area contributed by atoms with Gasteiger partial charge in [0.25, 0.3) is 0 Å². The van der Waals surface area contributed by atoms with Gasteiger partial charge in [0, 0.05) is 37.0 Å². The van der Waals surface area contributed by atoms with Crippen molar-refractivity contribution in [3.8, 4) is 0 Å². The molecule has 0 fully saturated rings. The van der Waals surface area contributed by atoms with Crippen LogP contribution >= 0.6 is 0 Å². The molecule has 0 saturated carbocycles. The predicted octanol–water partition coefficient (Wildman–Crippen LogP) is 1.18. The van der Waals surface area contributed by atoms with Gasteiger partial charge >= 0.3 is 0 Å². The molecule has 0 unspecified atom stereocenters. The fourth-order valence-electron chi connectivity index (χ4n) is 1.56. The van der Waals surface area contributed by atoms with E-state index in [1.54, 1.807) is 6.20 Å². The molecule has 2 aromatic rings. The van der Waals surface area contributed by atoms with Crippen molar-refractivity contribution in [2.45, 2.75) is 12.8 Å². The first kappa shape index (κ1) is 9.71. The lowest BCUT2D eigenvalue weighted by Crippen LogP contribution is -2.02. The molecule has 2 heterocycles. The summed E-state index contributed by atoms with van der Waals surface area (Å²) < 4.78 is 1.88. The SMILES string of the molecule is Cn1nccc1CCc1cnccc1N. The van der Waals surface area contributed by atoms with Crippen molar-refractivity contribution in [2.24, 2.45) is 7.05 Å². The van der Waals surface area contributed by atoms with Gasteiger partial charge in [-0.3, -0.25) is 9.67 Å². The lowest BCUT2D eigenvalue weighted by atomic mass is 10.1. The van der Waals surface area contributed by atoms with Gasteiger partial charge in [-0.25, -0.2) is 0 Å². The van der Waals surface area contributed by atoms with Crippen LogP contribution in [0, 0.1) is 0 Å². The Morgan fingerprint density at radius 2 is 2.13 bits per heavy atom. The van der Waals surface area contributed by atoms with Crippen LogP contribution in [0.5, 0.6) is 0 Å². The fourth-order valence-corrected chi connectivity index (χ4v) is 1.56. The van der Waals surface area contributed by atoms with Gasteiger partial charge in [0.1, 0.15) is 0 Å². The number of pyridine rings is 1. The molecule has 0 aliphatic carbocycles. The van der Waals surface area contributed by atoms with Gasteiger partial charge in [0.15, 0.2) is 0 Å². The molecule has 2 N–H and O–H groups in total.